The van der Waals surface area contributed by atoms with E-state index in [1.807, 2.05) is 24.3 Å². The Kier molecular flexibility index (Phi) is 2.62. The monoisotopic (exact) mass is 223 g/mol. The Morgan fingerprint density at radius 3 is 2.93 bits per heavy atom. The van der Waals surface area contributed by atoms with Crippen molar-refractivity contribution in [2.24, 2.45) is 5.73 Å². The molecular formula is C10H10ClN3O. The van der Waals surface area contributed by atoms with E-state index in [0.717, 1.165) is 10.9 Å². The van der Waals surface area contributed by atoms with Crippen molar-refractivity contribution in [2.45, 2.75) is 0 Å². The zero-order valence-corrected chi connectivity index (χ0v) is 8.66. The van der Waals surface area contributed by atoms with E-state index in [1.54, 1.807) is 10.9 Å². The molecule has 78 valence electrons. The number of fused-ring (bicyclic) bond motifs is 1. The number of nitrogens with two attached hydrogens (primary N) is 1. The summed E-state index contributed by atoms with van der Waals surface area (Å²) >= 11 is 6.00. The summed E-state index contributed by atoms with van der Waals surface area (Å²) in [7, 11) is 0. The molecule has 0 atom stereocenters. The molecule has 1 amide bonds. The van der Waals surface area contributed by atoms with Crippen LogP contribution in [0.3, 0.4) is 0 Å². The Hall–Kier alpha value is -1.52. The summed E-state index contributed by atoms with van der Waals surface area (Å²) in [4.78, 5) is 11.1. The van der Waals surface area contributed by atoms with E-state index in [4.69, 9.17) is 17.3 Å². The molecular weight excluding hydrogens is 214 g/mol. The molecule has 0 saturated carbocycles. The molecule has 4 nitrogen and oxygen atoms in total. The topological polar surface area (TPSA) is 60.1 Å². The van der Waals surface area contributed by atoms with E-state index in [1.165, 1.54) is 0 Å². The largest absolute Gasteiger partial charge is 0.322 e. The Morgan fingerprint density at radius 2 is 2.20 bits per heavy atom. The summed E-state index contributed by atoms with van der Waals surface area (Å²) in [5.41, 5.74) is 8.69. The van der Waals surface area contributed by atoms with Crippen LogP contribution in [0, 0.1) is 0 Å². The Bertz CT molecular complexity index is 506. The minimum Gasteiger partial charge on any atom is -0.322 e. The Labute approximate surface area is 91.6 Å². The van der Waals surface area contributed by atoms with Crippen LogP contribution in [0.2, 0.25) is 5.02 Å². The fourth-order valence-corrected chi connectivity index (χ4v) is 1.67. The normalized spacial score (nSPS) is 10.5. The molecule has 0 radical (unpaired) electrons. The highest BCUT2D eigenvalue weighted by Gasteiger charge is 2.07. The number of hydrogen-bond acceptors (Lipinski definition) is 2. The van der Waals surface area contributed by atoms with Gasteiger partial charge < -0.3 is 5.73 Å². The van der Waals surface area contributed by atoms with Crippen LogP contribution >= 0.6 is 11.6 Å². The highest BCUT2D eigenvalue weighted by Crippen LogP contribution is 2.24. The predicted molar refractivity (Wildman–Crippen MR) is 60.4 cm³/mol. The molecule has 0 spiro atoms. The van der Waals surface area contributed by atoms with E-state index in [0.29, 0.717) is 5.02 Å². The van der Waals surface area contributed by atoms with Gasteiger partial charge in [-0.15, -0.1) is 0 Å². The van der Waals surface area contributed by atoms with Gasteiger partial charge in [-0.05, 0) is 6.07 Å². The predicted octanol–water partition coefficient (Wildman–Crippen LogP) is 1.32. The van der Waals surface area contributed by atoms with Gasteiger partial charge in [-0.1, -0.05) is 29.8 Å². The van der Waals surface area contributed by atoms with Crippen LogP contribution in [0.25, 0.3) is 10.9 Å². The Balaban J connectivity index is 2.48. The van der Waals surface area contributed by atoms with E-state index < -0.39 is 0 Å². The van der Waals surface area contributed by atoms with Crippen LogP contribution in [0.1, 0.15) is 0 Å². The van der Waals surface area contributed by atoms with Crippen LogP contribution in [0.15, 0.2) is 30.5 Å². The molecule has 1 heterocycles. The first-order valence-electron chi connectivity index (χ1n) is 4.48. The Morgan fingerprint density at radius 1 is 1.47 bits per heavy atom. The molecule has 3 N–H and O–H groups in total. The van der Waals surface area contributed by atoms with Gasteiger partial charge in [0, 0.05) is 11.6 Å². The molecule has 2 rings (SSSR count). The molecule has 5 heteroatoms. The number of nitrogens with one attached hydrogen (secondary N) is 1. The van der Waals surface area contributed by atoms with Crippen molar-refractivity contribution < 1.29 is 4.79 Å². The summed E-state index contributed by atoms with van der Waals surface area (Å²) in [6, 6.07) is 7.54. The van der Waals surface area contributed by atoms with Crippen LogP contribution in [0.4, 0.5) is 0 Å². The van der Waals surface area contributed by atoms with Crippen molar-refractivity contribution in [3.8, 4) is 0 Å². The number of nitrogens with zero attached hydrogens (tertiary/aromatic N) is 1. The average molecular weight is 224 g/mol. The quantitative estimate of drug-likeness (QED) is 0.807. The summed E-state index contributed by atoms with van der Waals surface area (Å²) in [5, 5.41) is 1.50. The molecule has 0 bridgehead atoms. The van der Waals surface area contributed by atoms with Gasteiger partial charge in [0.25, 0.3) is 5.91 Å². The van der Waals surface area contributed by atoms with Gasteiger partial charge in [0.2, 0.25) is 0 Å². The van der Waals surface area contributed by atoms with Crippen LogP contribution < -0.4 is 11.2 Å². The van der Waals surface area contributed by atoms with Gasteiger partial charge in [0.15, 0.2) is 0 Å². The zero-order valence-electron chi connectivity index (χ0n) is 7.90. The molecule has 2 aromatic rings. The van der Waals surface area contributed by atoms with Crippen molar-refractivity contribution in [1.29, 1.82) is 0 Å². The second kappa shape index (κ2) is 3.92. The number of benzene rings is 1. The van der Waals surface area contributed by atoms with Gasteiger partial charge in [0.05, 0.1) is 17.1 Å². The molecule has 0 aliphatic rings. The first-order chi connectivity index (χ1) is 7.22. The number of aromatic nitrogens is 1. The first kappa shape index (κ1) is 10.0. The lowest BCUT2D eigenvalue weighted by Crippen LogP contribution is -2.28. The molecule has 1 aromatic heterocycles. The van der Waals surface area contributed by atoms with Crippen LogP contribution in [-0.2, 0) is 4.79 Å². The SMILES string of the molecule is NCC(=O)Nn1cc(Cl)c2ccccc21. The summed E-state index contributed by atoms with van der Waals surface area (Å²) in [6.45, 7) is -0.0515. The summed E-state index contributed by atoms with van der Waals surface area (Å²) < 4.78 is 1.58. The fraction of sp³-hybridized carbons (Fsp3) is 0.100. The fourth-order valence-electron chi connectivity index (χ4n) is 1.41. The second-order valence-corrected chi connectivity index (χ2v) is 3.51. The minimum atomic E-state index is -0.257. The van der Waals surface area contributed by atoms with Gasteiger partial charge in [-0.3, -0.25) is 14.9 Å². The lowest BCUT2D eigenvalue weighted by atomic mass is 10.2. The average Bonchev–Trinajstić information content (AvgIpc) is 2.57. The highest BCUT2D eigenvalue weighted by molar-refractivity contribution is 6.35. The maximum Gasteiger partial charge on any atom is 0.252 e. The number of para-hydroxylation sites is 1. The molecule has 1 aromatic carbocycles. The van der Waals surface area contributed by atoms with Crippen LogP contribution in [-0.4, -0.2) is 17.1 Å². The van der Waals surface area contributed by atoms with Gasteiger partial charge >= 0.3 is 0 Å². The summed E-state index contributed by atoms with van der Waals surface area (Å²) in [6.07, 6.45) is 1.65. The van der Waals surface area contributed by atoms with Crippen molar-refractivity contribution in [1.82, 2.24) is 4.68 Å². The number of carbonyl (C=O) groups excluding carboxylic acids is 1. The van der Waals surface area contributed by atoms with Crippen molar-refractivity contribution in [2.75, 3.05) is 12.0 Å². The molecule has 0 saturated heterocycles. The van der Waals surface area contributed by atoms with Gasteiger partial charge in [-0.25, -0.2) is 0 Å². The van der Waals surface area contributed by atoms with E-state index in [2.05, 4.69) is 5.43 Å². The van der Waals surface area contributed by atoms with Crippen molar-refractivity contribution in [3.63, 3.8) is 0 Å². The molecule has 0 aliphatic heterocycles. The van der Waals surface area contributed by atoms with Gasteiger partial charge in [-0.2, -0.15) is 0 Å². The molecule has 15 heavy (non-hydrogen) atoms. The molecule has 0 unspecified atom stereocenters. The van der Waals surface area contributed by atoms with E-state index >= 15 is 0 Å². The van der Waals surface area contributed by atoms with Crippen molar-refractivity contribution in [3.05, 3.63) is 35.5 Å². The van der Waals surface area contributed by atoms with Crippen LogP contribution in [0.5, 0.6) is 0 Å². The maximum atomic E-state index is 11.1. The van der Waals surface area contributed by atoms with E-state index in [-0.39, 0.29) is 12.5 Å². The van der Waals surface area contributed by atoms with Gasteiger partial charge in [0.1, 0.15) is 0 Å². The minimum absolute atomic E-state index is 0.0515. The third kappa shape index (κ3) is 1.82. The summed E-state index contributed by atoms with van der Waals surface area (Å²) in [5.74, 6) is -0.257. The lowest BCUT2D eigenvalue weighted by Gasteiger charge is -2.05. The molecule has 0 fully saturated rings. The molecule has 0 aliphatic carbocycles. The number of amides is 1. The third-order valence-electron chi connectivity index (χ3n) is 2.09. The van der Waals surface area contributed by atoms with E-state index in [9.17, 15) is 4.79 Å². The standard InChI is InChI=1S/C10H10ClN3O/c11-8-6-14(13-10(15)5-12)9-4-2-1-3-7(8)9/h1-4,6H,5,12H2,(H,13,15). The van der Waals surface area contributed by atoms with Crippen molar-refractivity contribution >= 4 is 28.4 Å². The highest BCUT2D eigenvalue weighted by atomic mass is 35.5. The number of halogens is 1. The number of hydrogen-bond donors (Lipinski definition) is 2. The first-order valence-corrected chi connectivity index (χ1v) is 4.85. The zero-order chi connectivity index (χ0) is 10.8. The lowest BCUT2D eigenvalue weighted by molar-refractivity contribution is -0.115. The third-order valence-corrected chi connectivity index (χ3v) is 2.40. The maximum absolute atomic E-state index is 11.1. The second-order valence-electron chi connectivity index (χ2n) is 3.10. The number of rotatable bonds is 2. The smallest absolute Gasteiger partial charge is 0.252 e. The number of carbonyl (C=O) groups is 1.